The molecule has 0 heterocycles. The number of hydrogen-bond acceptors (Lipinski definition) is 3. The summed E-state index contributed by atoms with van der Waals surface area (Å²) in [4.78, 5) is 1.30. The van der Waals surface area contributed by atoms with E-state index >= 15 is 0 Å². The number of nitrogen functional groups attached to an aromatic ring is 1. The lowest BCUT2D eigenvalue weighted by Crippen LogP contribution is -1.96. The Balaban J connectivity index is 3.09. The van der Waals surface area contributed by atoms with Crippen molar-refractivity contribution in [3.8, 4) is 0 Å². The van der Waals surface area contributed by atoms with Crippen LogP contribution in [0.4, 0.5) is 11.4 Å². The molecule has 3 N–H and O–H groups in total. The van der Waals surface area contributed by atoms with Crippen LogP contribution in [0.2, 0.25) is 0 Å². The first-order valence-electron chi connectivity index (χ1n) is 5.04. The molecule has 0 aliphatic heterocycles. The van der Waals surface area contributed by atoms with Crippen molar-refractivity contribution in [2.75, 3.05) is 24.4 Å². The summed E-state index contributed by atoms with van der Waals surface area (Å²) in [7, 11) is 1.89. The van der Waals surface area contributed by atoms with Crippen LogP contribution in [0.1, 0.15) is 18.9 Å². The van der Waals surface area contributed by atoms with Crippen molar-refractivity contribution in [2.24, 2.45) is 0 Å². The Morgan fingerprint density at radius 2 is 2.27 bits per heavy atom. The molecule has 0 radical (unpaired) electrons. The molecule has 0 fully saturated rings. The third kappa shape index (κ3) is 2.93. The highest BCUT2D eigenvalue weighted by molar-refractivity contribution is 8.07. The fraction of sp³-hybridized carbons (Fsp3) is 0.333. The van der Waals surface area contributed by atoms with E-state index in [1.165, 1.54) is 10.5 Å². The van der Waals surface area contributed by atoms with E-state index in [0.717, 1.165) is 17.8 Å². The van der Waals surface area contributed by atoms with Crippen molar-refractivity contribution in [2.45, 2.75) is 13.3 Å². The molecule has 0 spiro atoms. The van der Waals surface area contributed by atoms with Gasteiger partial charge in [-0.1, -0.05) is 19.1 Å². The molecule has 82 valence electrons. The summed E-state index contributed by atoms with van der Waals surface area (Å²) in [6, 6.07) is 6.10. The second-order valence-corrected chi connectivity index (χ2v) is 4.08. The van der Waals surface area contributed by atoms with Crippen molar-refractivity contribution < 1.29 is 0 Å². The normalized spacial score (nSPS) is 11.5. The molecule has 0 atom stereocenters. The quantitative estimate of drug-likeness (QED) is 0.767. The Morgan fingerprint density at radius 3 is 2.80 bits per heavy atom. The van der Waals surface area contributed by atoms with Gasteiger partial charge in [0, 0.05) is 12.0 Å². The summed E-state index contributed by atoms with van der Waals surface area (Å²) in [6.07, 6.45) is 5.38. The van der Waals surface area contributed by atoms with E-state index in [-0.39, 0.29) is 0 Å². The Hall–Kier alpha value is -1.09. The predicted molar refractivity (Wildman–Crippen MR) is 72.2 cm³/mol. The second kappa shape index (κ2) is 5.71. The van der Waals surface area contributed by atoms with Gasteiger partial charge in [-0.15, -0.1) is 11.8 Å². The monoisotopic (exact) mass is 222 g/mol. The molecule has 0 amide bonds. The maximum absolute atomic E-state index is 5.83. The highest BCUT2D eigenvalue weighted by Gasteiger charge is 2.03. The second-order valence-electron chi connectivity index (χ2n) is 3.23. The van der Waals surface area contributed by atoms with Gasteiger partial charge in [0.1, 0.15) is 0 Å². The van der Waals surface area contributed by atoms with Crippen LogP contribution in [0.15, 0.2) is 24.3 Å². The van der Waals surface area contributed by atoms with E-state index in [0.29, 0.717) is 0 Å². The molecule has 0 unspecified atom stereocenters. The maximum Gasteiger partial charge on any atom is 0.0577 e. The molecule has 0 saturated heterocycles. The zero-order valence-electron chi connectivity index (χ0n) is 9.50. The zero-order chi connectivity index (χ0) is 11.3. The molecule has 1 aromatic rings. The number of nitrogens with two attached hydrogens (primary N) is 1. The molecular formula is C12H18N2S. The minimum atomic E-state index is 0.790. The summed E-state index contributed by atoms with van der Waals surface area (Å²) >= 11 is 1.77. The standard InChI is InChI=1S/C12H18N2S/c1-4-5-12(15-3)9-6-7-10(13)11(8-9)14-2/h5-8,14H,4,13H2,1-3H3/b12-5-. The largest absolute Gasteiger partial charge is 0.397 e. The van der Waals surface area contributed by atoms with Crippen LogP contribution in [0, 0.1) is 0 Å². The van der Waals surface area contributed by atoms with Gasteiger partial charge in [-0.3, -0.25) is 0 Å². The number of rotatable bonds is 4. The zero-order valence-corrected chi connectivity index (χ0v) is 10.3. The van der Waals surface area contributed by atoms with Crippen molar-refractivity contribution in [3.63, 3.8) is 0 Å². The summed E-state index contributed by atoms with van der Waals surface area (Å²) in [5, 5.41) is 3.10. The van der Waals surface area contributed by atoms with Crippen LogP contribution in [-0.2, 0) is 0 Å². The minimum absolute atomic E-state index is 0.790. The maximum atomic E-state index is 5.83. The van der Waals surface area contributed by atoms with Crippen LogP contribution in [0.25, 0.3) is 4.91 Å². The molecule has 0 aliphatic carbocycles. The number of thioether (sulfide) groups is 1. The smallest absolute Gasteiger partial charge is 0.0577 e. The van der Waals surface area contributed by atoms with Gasteiger partial charge in [0.05, 0.1) is 11.4 Å². The third-order valence-corrected chi connectivity index (χ3v) is 3.06. The van der Waals surface area contributed by atoms with Gasteiger partial charge in [0.25, 0.3) is 0 Å². The van der Waals surface area contributed by atoms with Gasteiger partial charge >= 0.3 is 0 Å². The summed E-state index contributed by atoms with van der Waals surface area (Å²) < 4.78 is 0. The van der Waals surface area contributed by atoms with Crippen molar-refractivity contribution in [3.05, 3.63) is 29.8 Å². The van der Waals surface area contributed by atoms with Gasteiger partial charge in [0.15, 0.2) is 0 Å². The van der Waals surface area contributed by atoms with Crippen LogP contribution in [0.5, 0.6) is 0 Å². The van der Waals surface area contributed by atoms with E-state index < -0.39 is 0 Å². The van der Waals surface area contributed by atoms with Crippen LogP contribution in [-0.4, -0.2) is 13.3 Å². The number of benzene rings is 1. The van der Waals surface area contributed by atoms with Crippen LogP contribution < -0.4 is 11.1 Å². The minimum Gasteiger partial charge on any atom is -0.397 e. The van der Waals surface area contributed by atoms with Gasteiger partial charge < -0.3 is 11.1 Å². The molecule has 0 saturated carbocycles. The first-order valence-corrected chi connectivity index (χ1v) is 6.27. The Kier molecular flexibility index (Phi) is 4.56. The van der Waals surface area contributed by atoms with Gasteiger partial charge in [-0.25, -0.2) is 0 Å². The Labute approximate surface area is 95.9 Å². The molecule has 15 heavy (non-hydrogen) atoms. The van der Waals surface area contributed by atoms with Gasteiger partial charge in [-0.05, 0) is 30.4 Å². The van der Waals surface area contributed by atoms with E-state index in [1.54, 1.807) is 11.8 Å². The summed E-state index contributed by atoms with van der Waals surface area (Å²) in [6.45, 7) is 2.15. The molecule has 0 aliphatic rings. The molecule has 0 bridgehead atoms. The predicted octanol–water partition coefficient (Wildman–Crippen LogP) is 3.42. The Bertz CT molecular complexity index is 359. The third-order valence-electron chi connectivity index (χ3n) is 2.22. The first-order chi connectivity index (χ1) is 7.22. The average Bonchev–Trinajstić information content (AvgIpc) is 2.27. The number of nitrogens with one attached hydrogen (secondary N) is 1. The SMILES string of the molecule is CC/C=C(\SC)c1ccc(N)c(NC)c1. The molecule has 1 rings (SSSR count). The lowest BCUT2D eigenvalue weighted by molar-refractivity contribution is 1.23. The highest BCUT2D eigenvalue weighted by Crippen LogP contribution is 2.30. The van der Waals surface area contributed by atoms with Crippen molar-refractivity contribution in [1.82, 2.24) is 0 Å². The first kappa shape index (κ1) is 12.0. The lowest BCUT2D eigenvalue weighted by Gasteiger charge is -2.09. The van der Waals surface area contributed by atoms with Gasteiger partial charge in [-0.2, -0.15) is 0 Å². The summed E-state index contributed by atoms with van der Waals surface area (Å²) in [5.74, 6) is 0. The Morgan fingerprint density at radius 1 is 1.53 bits per heavy atom. The van der Waals surface area contributed by atoms with Crippen LogP contribution >= 0.6 is 11.8 Å². The molecular weight excluding hydrogens is 204 g/mol. The van der Waals surface area contributed by atoms with Crippen molar-refractivity contribution >= 4 is 28.0 Å². The fourth-order valence-corrected chi connectivity index (χ4v) is 2.13. The van der Waals surface area contributed by atoms with E-state index in [4.69, 9.17) is 5.73 Å². The molecule has 3 heteroatoms. The number of hydrogen-bond donors (Lipinski definition) is 2. The highest BCUT2D eigenvalue weighted by atomic mass is 32.2. The van der Waals surface area contributed by atoms with E-state index in [1.807, 2.05) is 13.1 Å². The lowest BCUT2D eigenvalue weighted by atomic mass is 10.1. The number of allylic oxidation sites excluding steroid dienone is 1. The molecule has 2 nitrogen and oxygen atoms in total. The number of anilines is 2. The fourth-order valence-electron chi connectivity index (χ4n) is 1.43. The van der Waals surface area contributed by atoms with Gasteiger partial charge in [0.2, 0.25) is 0 Å². The topological polar surface area (TPSA) is 38.0 Å². The molecule has 0 aromatic heterocycles. The van der Waals surface area contributed by atoms with Crippen LogP contribution in [0.3, 0.4) is 0 Å². The molecule has 1 aromatic carbocycles. The van der Waals surface area contributed by atoms with E-state index in [2.05, 4.69) is 36.7 Å². The van der Waals surface area contributed by atoms with E-state index in [9.17, 15) is 0 Å². The average molecular weight is 222 g/mol. The summed E-state index contributed by atoms with van der Waals surface area (Å²) in [5.41, 5.74) is 8.83. The van der Waals surface area contributed by atoms with Crippen molar-refractivity contribution in [1.29, 1.82) is 0 Å².